The first-order valence-corrected chi connectivity index (χ1v) is 8.90. The molecule has 0 aliphatic carbocycles. The van der Waals surface area contributed by atoms with E-state index in [-0.39, 0.29) is 17.8 Å². The summed E-state index contributed by atoms with van der Waals surface area (Å²) >= 11 is 0. The van der Waals surface area contributed by atoms with Gasteiger partial charge in [0.25, 0.3) is 0 Å². The monoisotopic (exact) mass is 334 g/mol. The average molecular weight is 334 g/mol. The predicted molar refractivity (Wildman–Crippen MR) is 91.2 cm³/mol. The maximum Gasteiger partial charge on any atom is 0.239 e. The lowest BCUT2D eigenvalue weighted by Gasteiger charge is -2.36. The molecule has 3 rings (SSSR count). The van der Waals surface area contributed by atoms with E-state index in [4.69, 9.17) is 4.74 Å². The number of likely N-dealkylation sites (N-methyl/N-ethyl adjacent to an activating group) is 1. The number of carbonyl (C=O) groups is 1. The van der Waals surface area contributed by atoms with Gasteiger partial charge in [0.15, 0.2) is 0 Å². The van der Waals surface area contributed by atoms with E-state index >= 15 is 0 Å². The number of hydrogen-bond donors (Lipinski definition) is 0. The van der Waals surface area contributed by atoms with Crippen LogP contribution in [0.2, 0.25) is 0 Å². The molecule has 0 unspecified atom stereocenters. The van der Waals surface area contributed by atoms with Crippen LogP contribution in [0, 0.1) is 12.7 Å². The molecule has 1 aromatic rings. The van der Waals surface area contributed by atoms with Gasteiger partial charge in [-0.25, -0.2) is 4.39 Å². The molecule has 0 bridgehead atoms. The summed E-state index contributed by atoms with van der Waals surface area (Å²) in [5.74, 6) is -0.132. The van der Waals surface area contributed by atoms with Gasteiger partial charge in [0.2, 0.25) is 5.91 Å². The number of benzene rings is 1. The topological polar surface area (TPSA) is 32.8 Å². The fourth-order valence-electron chi connectivity index (χ4n) is 3.92. The van der Waals surface area contributed by atoms with E-state index in [1.165, 1.54) is 6.07 Å². The van der Waals surface area contributed by atoms with Crippen LogP contribution in [0.25, 0.3) is 0 Å². The van der Waals surface area contributed by atoms with E-state index in [1.807, 2.05) is 13.0 Å². The molecule has 1 amide bonds. The van der Waals surface area contributed by atoms with Gasteiger partial charge >= 0.3 is 0 Å². The number of carbonyl (C=O) groups excluding carboxylic acids is 1. The molecule has 5 heteroatoms. The SMILES string of the molecule is Cc1ccc(F)c(CN(C)C(=O)[C@@H]2CCCN2C2CCOCC2)c1. The molecule has 2 aliphatic heterocycles. The molecule has 4 nitrogen and oxygen atoms in total. The van der Waals surface area contributed by atoms with Crippen molar-refractivity contribution < 1.29 is 13.9 Å². The lowest BCUT2D eigenvalue weighted by atomic mass is 10.0. The van der Waals surface area contributed by atoms with Gasteiger partial charge in [0.05, 0.1) is 6.04 Å². The first kappa shape index (κ1) is 17.4. The molecule has 0 N–H and O–H groups in total. The number of hydrogen-bond acceptors (Lipinski definition) is 3. The third-order valence-corrected chi connectivity index (χ3v) is 5.22. The molecule has 1 atom stereocenters. The smallest absolute Gasteiger partial charge is 0.239 e. The average Bonchev–Trinajstić information content (AvgIpc) is 3.08. The van der Waals surface area contributed by atoms with Crippen LogP contribution in [0.4, 0.5) is 4.39 Å². The molecule has 132 valence electrons. The second-order valence-electron chi connectivity index (χ2n) is 7.03. The van der Waals surface area contributed by atoms with Crippen molar-refractivity contribution in [2.24, 2.45) is 0 Å². The quantitative estimate of drug-likeness (QED) is 0.849. The Bertz CT molecular complexity index is 587. The van der Waals surface area contributed by atoms with Gasteiger partial charge in [0.1, 0.15) is 5.82 Å². The second kappa shape index (κ2) is 7.62. The van der Waals surface area contributed by atoms with Gasteiger partial charge in [-0.3, -0.25) is 9.69 Å². The Morgan fingerprint density at radius 2 is 2.08 bits per heavy atom. The summed E-state index contributed by atoms with van der Waals surface area (Å²) in [6, 6.07) is 5.44. The van der Waals surface area contributed by atoms with E-state index in [1.54, 1.807) is 18.0 Å². The third-order valence-electron chi connectivity index (χ3n) is 5.22. The largest absolute Gasteiger partial charge is 0.381 e. The van der Waals surface area contributed by atoms with Crippen LogP contribution in [0.1, 0.15) is 36.8 Å². The molecule has 0 radical (unpaired) electrons. The lowest BCUT2D eigenvalue weighted by Crippen LogP contribution is -2.49. The standard InChI is InChI=1S/C19H27FN2O2/c1-14-5-6-17(20)15(12-14)13-21(2)19(23)18-4-3-9-22(18)16-7-10-24-11-8-16/h5-6,12,16,18H,3-4,7-11,13H2,1-2H3/t18-/m0/s1. The Morgan fingerprint density at radius 3 is 2.83 bits per heavy atom. The number of amides is 1. The molecule has 0 aromatic heterocycles. The van der Waals surface area contributed by atoms with E-state index in [9.17, 15) is 9.18 Å². The highest BCUT2D eigenvalue weighted by Crippen LogP contribution is 2.27. The minimum Gasteiger partial charge on any atom is -0.381 e. The van der Waals surface area contributed by atoms with Crippen LogP contribution in [0.3, 0.4) is 0 Å². The Kier molecular flexibility index (Phi) is 5.51. The van der Waals surface area contributed by atoms with Crippen molar-refractivity contribution in [3.63, 3.8) is 0 Å². The molecule has 2 saturated heterocycles. The Hall–Kier alpha value is -1.46. The highest BCUT2D eigenvalue weighted by Gasteiger charge is 2.37. The molecule has 2 fully saturated rings. The summed E-state index contributed by atoms with van der Waals surface area (Å²) in [6.45, 7) is 4.81. The molecule has 24 heavy (non-hydrogen) atoms. The van der Waals surface area contributed by atoms with Crippen molar-refractivity contribution in [3.05, 3.63) is 35.1 Å². The molecule has 2 aliphatic rings. The van der Waals surface area contributed by atoms with Crippen LogP contribution >= 0.6 is 0 Å². The van der Waals surface area contributed by atoms with Gasteiger partial charge in [-0.05, 0) is 45.2 Å². The first-order chi connectivity index (χ1) is 11.6. The molecule has 2 heterocycles. The summed E-state index contributed by atoms with van der Waals surface area (Å²) in [4.78, 5) is 17.0. The van der Waals surface area contributed by atoms with Crippen molar-refractivity contribution >= 4 is 5.91 Å². The van der Waals surface area contributed by atoms with Crippen molar-refractivity contribution in [2.75, 3.05) is 26.8 Å². The third kappa shape index (κ3) is 3.78. The van der Waals surface area contributed by atoms with Crippen LogP contribution in [0.5, 0.6) is 0 Å². The minimum atomic E-state index is -0.243. The molecule has 1 aromatic carbocycles. The zero-order valence-corrected chi connectivity index (χ0v) is 14.6. The number of rotatable bonds is 4. The van der Waals surface area contributed by atoms with Gasteiger partial charge in [-0.15, -0.1) is 0 Å². The minimum absolute atomic E-state index is 0.0639. The Balaban J connectivity index is 1.66. The number of halogens is 1. The first-order valence-electron chi connectivity index (χ1n) is 8.90. The summed E-state index contributed by atoms with van der Waals surface area (Å²) in [7, 11) is 1.78. The van der Waals surface area contributed by atoms with Crippen molar-refractivity contribution in [3.8, 4) is 0 Å². The van der Waals surface area contributed by atoms with Gasteiger partial charge in [0, 0.05) is 38.4 Å². The van der Waals surface area contributed by atoms with E-state index in [2.05, 4.69) is 4.90 Å². The molecular formula is C19H27FN2O2. The maximum absolute atomic E-state index is 14.0. The van der Waals surface area contributed by atoms with E-state index in [0.717, 1.165) is 51.0 Å². The fourth-order valence-corrected chi connectivity index (χ4v) is 3.92. The van der Waals surface area contributed by atoms with Crippen LogP contribution in [0.15, 0.2) is 18.2 Å². The van der Waals surface area contributed by atoms with Gasteiger partial charge < -0.3 is 9.64 Å². The van der Waals surface area contributed by atoms with Gasteiger partial charge in [-0.1, -0.05) is 17.7 Å². The second-order valence-corrected chi connectivity index (χ2v) is 7.03. The zero-order chi connectivity index (χ0) is 17.1. The zero-order valence-electron chi connectivity index (χ0n) is 14.6. The summed E-state index contributed by atoms with van der Waals surface area (Å²) < 4.78 is 19.4. The fraction of sp³-hybridized carbons (Fsp3) is 0.632. The van der Waals surface area contributed by atoms with Crippen molar-refractivity contribution in [1.82, 2.24) is 9.80 Å². The summed E-state index contributed by atoms with van der Waals surface area (Å²) in [5, 5.41) is 0. The normalized spacial score (nSPS) is 22.7. The number of ether oxygens (including phenoxy) is 1. The molecule has 0 spiro atoms. The Morgan fingerprint density at radius 1 is 1.33 bits per heavy atom. The highest BCUT2D eigenvalue weighted by atomic mass is 19.1. The molecule has 0 saturated carbocycles. The number of likely N-dealkylation sites (tertiary alicyclic amines) is 1. The summed E-state index contributed by atoms with van der Waals surface area (Å²) in [6.07, 6.45) is 3.96. The maximum atomic E-state index is 14.0. The van der Waals surface area contributed by atoms with E-state index < -0.39 is 0 Å². The van der Waals surface area contributed by atoms with Crippen LogP contribution in [-0.4, -0.2) is 54.6 Å². The molecular weight excluding hydrogens is 307 g/mol. The van der Waals surface area contributed by atoms with E-state index in [0.29, 0.717) is 18.2 Å². The lowest BCUT2D eigenvalue weighted by molar-refractivity contribution is -0.136. The van der Waals surface area contributed by atoms with Crippen molar-refractivity contribution in [2.45, 2.75) is 51.2 Å². The van der Waals surface area contributed by atoms with Crippen molar-refractivity contribution in [1.29, 1.82) is 0 Å². The number of nitrogens with zero attached hydrogens (tertiary/aromatic N) is 2. The van der Waals surface area contributed by atoms with Gasteiger partial charge in [-0.2, -0.15) is 0 Å². The van der Waals surface area contributed by atoms with Crippen LogP contribution < -0.4 is 0 Å². The number of aryl methyl sites for hydroxylation is 1. The Labute approximate surface area is 143 Å². The summed E-state index contributed by atoms with van der Waals surface area (Å²) in [5.41, 5.74) is 1.60. The highest BCUT2D eigenvalue weighted by molar-refractivity contribution is 5.82. The predicted octanol–water partition coefficient (Wildman–Crippen LogP) is 2.74. The van der Waals surface area contributed by atoms with Crippen LogP contribution in [-0.2, 0) is 16.1 Å².